The SMILES string of the molecule is CCC(F)(F)[C@@H](F)CCC(F)F. The van der Waals surface area contributed by atoms with Crippen LogP contribution in [0.4, 0.5) is 22.0 Å². The van der Waals surface area contributed by atoms with Crippen LogP contribution >= 0.6 is 0 Å². The highest BCUT2D eigenvalue weighted by atomic mass is 19.3. The largest absolute Gasteiger partial charge is 0.278 e. The van der Waals surface area contributed by atoms with Crippen molar-refractivity contribution in [3.05, 3.63) is 0 Å². The van der Waals surface area contributed by atoms with Gasteiger partial charge in [0.05, 0.1) is 0 Å². The van der Waals surface area contributed by atoms with Gasteiger partial charge in [-0.2, -0.15) is 0 Å². The molecule has 0 amide bonds. The first kappa shape index (κ1) is 11.6. The average Bonchev–Trinajstić information content (AvgIpc) is 2.00. The lowest BCUT2D eigenvalue weighted by Gasteiger charge is -2.18. The highest BCUT2D eigenvalue weighted by molar-refractivity contribution is 4.75. The van der Waals surface area contributed by atoms with E-state index in [-0.39, 0.29) is 0 Å². The van der Waals surface area contributed by atoms with E-state index >= 15 is 0 Å². The third-order valence-corrected chi connectivity index (χ3v) is 1.57. The summed E-state index contributed by atoms with van der Waals surface area (Å²) in [6.45, 7) is 1.12. The minimum Gasteiger partial charge on any atom is -0.241 e. The molecule has 5 heteroatoms. The third-order valence-electron chi connectivity index (χ3n) is 1.57. The molecule has 0 aromatic heterocycles. The summed E-state index contributed by atoms with van der Waals surface area (Å²) in [5.74, 6) is -3.46. The van der Waals surface area contributed by atoms with Gasteiger partial charge in [0.2, 0.25) is 6.43 Å². The van der Waals surface area contributed by atoms with Gasteiger partial charge in [-0.15, -0.1) is 0 Å². The average molecular weight is 190 g/mol. The Kier molecular flexibility index (Phi) is 4.49. The summed E-state index contributed by atoms with van der Waals surface area (Å²) in [6.07, 6.45) is -7.40. The molecule has 0 nitrogen and oxygen atoms in total. The van der Waals surface area contributed by atoms with Crippen molar-refractivity contribution in [2.24, 2.45) is 0 Å². The first-order valence-corrected chi connectivity index (χ1v) is 3.70. The van der Waals surface area contributed by atoms with Crippen molar-refractivity contribution >= 4 is 0 Å². The summed E-state index contributed by atoms with van der Waals surface area (Å²) >= 11 is 0. The van der Waals surface area contributed by atoms with Crippen molar-refractivity contribution in [2.75, 3.05) is 0 Å². The maximum Gasteiger partial charge on any atom is 0.278 e. The van der Waals surface area contributed by atoms with E-state index in [1.807, 2.05) is 0 Å². The van der Waals surface area contributed by atoms with Crippen molar-refractivity contribution in [3.63, 3.8) is 0 Å². The van der Waals surface area contributed by atoms with Crippen LogP contribution in [-0.2, 0) is 0 Å². The molecule has 0 saturated heterocycles. The van der Waals surface area contributed by atoms with E-state index < -0.39 is 37.8 Å². The zero-order valence-corrected chi connectivity index (χ0v) is 6.67. The van der Waals surface area contributed by atoms with Crippen LogP contribution in [0.25, 0.3) is 0 Å². The second-order valence-corrected chi connectivity index (χ2v) is 2.55. The van der Waals surface area contributed by atoms with Gasteiger partial charge in [0.15, 0.2) is 6.17 Å². The molecule has 0 spiro atoms. The second kappa shape index (κ2) is 4.62. The van der Waals surface area contributed by atoms with E-state index in [2.05, 4.69) is 0 Å². The Bertz CT molecular complexity index is 123. The van der Waals surface area contributed by atoms with Gasteiger partial charge in [0.1, 0.15) is 0 Å². The Morgan fingerprint density at radius 1 is 1.08 bits per heavy atom. The molecule has 0 fully saturated rings. The topological polar surface area (TPSA) is 0 Å². The molecule has 12 heavy (non-hydrogen) atoms. The predicted octanol–water partition coefficient (Wildman–Crippen LogP) is 3.42. The molecule has 0 heterocycles. The molecule has 0 N–H and O–H groups in total. The van der Waals surface area contributed by atoms with Crippen molar-refractivity contribution < 1.29 is 22.0 Å². The summed E-state index contributed by atoms with van der Waals surface area (Å²) < 4.78 is 60.2. The molecule has 0 aliphatic carbocycles. The lowest BCUT2D eigenvalue weighted by molar-refractivity contribution is -0.0812. The summed E-state index contributed by atoms with van der Waals surface area (Å²) in [5, 5.41) is 0. The number of hydrogen-bond donors (Lipinski definition) is 0. The van der Waals surface area contributed by atoms with E-state index in [1.54, 1.807) is 0 Å². The molecule has 0 aliphatic rings. The fraction of sp³-hybridized carbons (Fsp3) is 1.00. The zero-order chi connectivity index (χ0) is 9.78. The molecule has 0 aromatic rings. The standard InChI is InChI=1S/C7H11F5/c1-2-7(11,12)5(8)3-4-6(9)10/h5-6H,2-4H2,1H3/t5-/m0/s1. The number of alkyl halides is 5. The van der Waals surface area contributed by atoms with E-state index in [0.717, 1.165) is 6.92 Å². The van der Waals surface area contributed by atoms with E-state index in [0.29, 0.717) is 0 Å². The minimum absolute atomic E-state index is 0.655. The molecule has 1 atom stereocenters. The van der Waals surface area contributed by atoms with Gasteiger partial charge >= 0.3 is 0 Å². The van der Waals surface area contributed by atoms with Crippen LogP contribution in [0.15, 0.2) is 0 Å². The fourth-order valence-corrected chi connectivity index (χ4v) is 0.705. The molecule has 0 radical (unpaired) electrons. The van der Waals surface area contributed by atoms with Crippen LogP contribution in [0.5, 0.6) is 0 Å². The smallest absolute Gasteiger partial charge is 0.241 e. The van der Waals surface area contributed by atoms with Gasteiger partial charge < -0.3 is 0 Å². The van der Waals surface area contributed by atoms with Crippen LogP contribution in [0, 0.1) is 0 Å². The number of halogens is 5. The van der Waals surface area contributed by atoms with Crippen LogP contribution in [0.1, 0.15) is 26.2 Å². The van der Waals surface area contributed by atoms with Crippen molar-refractivity contribution in [3.8, 4) is 0 Å². The van der Waals surface area contributed by atoms with Crippen molar-refractivity contribution in [1.82, 2.24) is 0 Å². The summed E-state index contributed by atoms with van der Waals surface area (Å²) in [6, 6.07) is 0. The number of hydrogen-bond acceptors (Lipinski definition) is 0. The Morgan fingerprint density at radius 2 is 1.58 bits per heavy atom. The van der Waals surface area contributed by atoms with Crippen molar-refractivity contribution in [1.29, 1.82) is 0 Å². The second-order valence-electron chi connectivity index (χ2n) is 2.55. The Labute approximate surface area is 67.8 Å². The Balaban J connectivity index is 3.78. The van der Waals surface area contributed by atoms with Gasteiger partial charge in [-0.05, 0) is 6.42 Å². The number of rotatable bonds is 5. The van der Waals surface area contributed by atoms with Gasteiger partial charge in [0, 0.05) is 12.8 Å². The van der Waals surface area contributed by atoms with Gasteiger partial charge in [-0.1, -0.05) is 6.92 Å². The highest BCUT2D eigenvalue weighted by Crippen LogP contribution is 2.28. The van der Waals surface area contributed by atoms with Crippen LogP contribution in [0.2, 0.25) is 0 Å². The minimum atomic E-state index is -3.46. The molecule has 0 rings (SSSR count). The summed E-state index contributed by atoms with van der Waals surface area (Å²) in [5.41, 5.74) is 0. The highest BCUT2D eigenvalue weighted by Gasteiger charge is 2.37. The summed E-state index contributed by atoms with van der Waals surface area (Å²) in [4.78, 5) is 0. The first-order valence-electron chi connectivity index (χ1n) is 3.70. The third kappa shape index (κ3) is 3.88. The first-order chi connectivity index (χ1) is 5.40. The maximum absolute atomic E-state index is 12.5. The molecule has 0 aromatic carbocycles. The molecule has 74 valence electrons. The molecular weight excluding hydrogens is 179 g/mol. The fourth-order valence-electron chi connectivity index (χ4n) is 0.705. The Hall–Kier alpha value is -0.350. The van der Waals surface area contributed by atoms with Crippen LogP contribution in [-0.4, -0.2) is 18.5 Å². The molecular formula is C7H11F5. The van der Waals surface area contributed by atoms with Crippen LogP contribution in [0.3, 0.4) is 0 Å². The molecule has 0 bridgehead atoms. The quantitative estimate of drug-likeness (QED) is 0.582. The normalized spacial score (nSPS) is 15.2. The molecule has 0 aliphatic heterocycles. The lowest BCUT2D eigenvalue weighted by atomic mass is 10.1. The lowest BCUT2D eigenvalue weighted by Crippen LogP contribution is -2.29. The maximum atomic E-state index is 12.5. The monoisotopic (exact) mass is 190 g/mol. The van der Waals surface area contributed by atoms with E-state index in [1.165, 1.54) is 0 Å². The van der Waals surface area contributed by atoms with Gasteiger partial charge in [-0.3, -0.25) is 0 Å². The molecule has 0 unspecified atom stereocenters. The van der Waals surface area contributed by atoms with E-state index in [9.17, 15) is 22.0 Å². The summed E-state index contributed by atoms with van der Waals surface area (Å²) in [7, 11) is 0. The van der Waals surface area contributed by atoms with Gasteiger partial charge in [-0.25, -0.2) is 22.0 Å². The molecule has 0 saturated carbocycles. The van der Waals surface area contributed by atoms with Crippen molar-refractivity contribution in [2.45, 2.75) is 44.7 Å². The Morgan fingerprint density at radius 3 is 1.92 bits per heavy atom. The van der Waals surface area contributed by atoms with Crippen LogP contribution < -0.4 is 0 Å². The van der Waals surface area contributed by atoms with E-state index in [4.69, 9.17) is 0 Å². The van der Waals surface area contributed by atoms with Gasteiger partial charge in [0.25, 0.3) is 5.92 Å². The zero-order valence-electron chi connectivity index (χ0n) is 6.67. The predicted molar refractivity (Wildman–Crippen MR) is 35.4 cm³/mol.